The summed E-state index contributed by atoms with van der Waals surface area (Å²) in [6, 6.07) is 6.59. The molecule has 0 radical (unpaired) electrons. The summed E-state index contributed by atoms with van der Waals surface area (Å²) < 4.78 is 0. The predicted octanol–water partition coefficient (Wildman–Crippen LogP) is 3.91. The van der Waals surface area contributed by atoms with Crippen molar-refractivity contribution in [2.45, 2.75) is 53.0 Å². The Labute approximate surface area is 100 Å². The lowest BCUT2D eigenvalue weighted by Crippen LogP contribution is -2.39. The number of hydrogen-bond donors (Lipinski definition) is 1. The van der Waals surface area contributed by atoms with Crippen LogP contribution in [0.1, 0.15) is 50.3 Å². The zero-order valence-corrected chi connectivity index (χ0v) is 11.3. The average molecular weight is 219 g/mol. The third-order valence-electron chi connectivity index (χ3n) is 3.87. The van der Waals surface area contributed by atoms with Gasteiger partial charge in [-0.1, -0.05) is 38.5 Å². The second-order valence-corrected chi connectivity index (χ2v) is 5.27. The minimum Gasteiger partial charge on any atom is -0.321 e. The van der Waals surface area contributed by atoms with E-state index < -0.39 is 0 Å². The minimum absolute atomic E-state index is 0.214. The molecule has 0 saturated carbocycles. The van der Waals surface area contributed by atoms with E-state index in [0.717, 1.165) is 0 Å². The van der Waals surface area contributed by atoms with Crippen LogP contribution in [0.15, 0.2) is 18.2 Å². The highest BCUT2D eigenvalue weighted by atomic mass is 14.7. The summed E-state index contributed by atoms with van der Waals surface area (Å²) in [6.07, 6.45) is 2.37. The maximum Gasteiger partial charge on any atom is 0.0407 e. The first-order valence-electron chi connectivity index (χ1n) is 6.26. The molecule has 1 nitrogen and oxygen atoms in total. The van der Waals surface area contributed by atoms with Gasteiger partial charge in [-0.15, -0.1) is 0 Å². The molecule has 0 amide bonds. The number of hydrogen-bond acceptors (Lipinski definition) is 1. The van der Waals surface area contributed by atoms with Crippen LogP contribution >= 0.6 is 0 Å². The molecule has 16 heavy (non-hydrogen) atoms. The maximum absolute atomic E-state index is 6.49. The van der Waals surface area contributed by atoms with E-state index >= 15 is 0 Å². The standard InChI is InChI=1S/C15H25N/c1-6-7-13(4)15(5,16)14-9-8-11(2)12(3)10-14/h8-10,13H,6-7,16H2,1-5H3. The topological polar surface area (TPSA) is 26.0 Å². The highest BCUT2D eigenvalue weighted by molar-refractivity contribution is 5.34. The summed E-state index contributed by atoms with van der Waals surface area (Å²) in [5.41, 5.74) is 10.2. The van der Waals surface area contributed by atoms with Gasteiger partial charge in [0.2, 0.25) is 0 Å². The lowest BCUT2D eigenvalue weighted by atomic mass is 9.78. The molecule has 1 rings (SSSR count). The minimum atomic E-state index is -0.214. The van der Waals surface area contributed by atoms with Gasteiger partial charge in [0, 0.05) is 5.54 Å². The molecule has 2 atom stereocenters. The van der Waals surface area contributed by atoms with Gasteiger partial charge in [0.1, 0.15) is 0 Å². The normalized spacial score (nSPS) is 16.9. The van der Waals surface area contributed by atoms with Crippen LogP contribution in [0.2, 0.25) is 0 Å². The molecule has 0 aliphatic heterocycles. The van der Waals surface area contributed by atoms with Crippen molar-refractivity contribution in [2.75, 3.05) is 0 Å². The van der Waals surface area contributed by atoms with Gasteiger partial charge < -0.3 is 5.73 Å². The SMILES string of the molecule is CCCC(C)C(C)(N)c1ccc(C)c(C)c1. The molecule has 1 heteroatoms. The molecule has 0 heterocycles. The highest BCUT2D eigenvalue weighted by Gasteiger charge is 2.27. The Hall–Kier alpha value is -0.820. The fraction of sp³-hybridized carbons (Fsp3) is 0.600. The summed E-state index contributed by atoms with van der Waals surface area (Å²) >= 11 is 0. The third kappa shape index (κ3) is 2.65. The lowest BCUT2D eigenvalue weighted by Gasteiger charge is -2.32. The van der Waals surface area contributed by atoms with Crippen molar-refractivity contribution in [3.05, 3.63) is 34.9 Å². The Kier molecular flexibility index (Phi) is 4.15. The van der Waals surface area contributed by atoms with Crippen LogP contribution in [0.3, 0.4) is 0 Å². The number of rotatable bonds is 4. The van der Waals surface area contributed by atoms with Gasteiger partial charge in [-0.25, -0.2) is 0 Å². The van der Waals surface area contributed by atoms with E-state index in [-0.39, 0.29) is 5.54 Å². The molecular weight excluding hydrogens is 194 g/mol. The first-order chi connectivity index (χ1) is 7.39. The predicted molar refractivity (Wildman–Crippen MR) is 71.5 cm³/mol. The van der Waals surface area contributed by atoms with E-state index in [2.05, 4.69) is 52.8 Å². The number of aryl methyl sites for hydroxylation is 2. The average Bonchev–Trinajstić information content (AvgIpc) is 2.22. The summed E-state index contributed by atoms with van der Waals surface area (Å²) in [5, 5.41) is 0. The van der Waals surface area contributed by atoms with E-state index in [1.807, 2.05) is 0 Å². The molecular formula is C15H25N. The van der Waals surface area contributed by atoms with Gasteiger partial charge in [-0.2, -0.15) is 0 Å². The first-order valence-corrected chi connectivity index (χ1v) is 6.26. The van der Waals surface area contributed by atoms with Crippen molar-refractivity contribution in [3.63, 3.8) is 0 Å². The van der Waals surface area contributed by atoms with E-state index in [1.54, 1.807) is 0 Å². The van der Waals surface area contributed by atoms with Crippen LogP contribution < -0.4 is 5.73 Å². The summed E-state index contributed by atoms with van der Waals surface area (Å²) in [6.45, 7) is 10.9. The van der Waals surface area contributed by atoms with Crippen LogP contribution in [-0.4, -0.2) is 0 Å². The zero-order valence-electron chi connectivity index (χ0n) is 11.3. The Balaban J connectivity index is 3.01. The van der Waals surface area contributed by atoms with Gasteiger partial charge in [0.05, 0.1) is 0 Å². The molecule has 2 unspecified atom stereocenters. The van der Waals surface area contributed by atoms with Gasteiger partial charge >= 0.3 is 0 Å². The van der Waals surface area contributed by atoms with Gasteiger partial charge in [-0.05, 0) is 49.8 Å². The van der Waals surface area contributed by atoms with Gasteiger partial charge in [0.15, 0.2) is 0 Å². The molecule has 90 valence electrons. The fourth-order valence-electron chi connectivity index (χ4n) is 2.09. The summed E-state index contributed by atoms with van der Waals surface area (Å²) in [5.74, 6) is 0.514. The molecule has 0 aliphatic rings. The van der Waals surface area contributed by atoms with Crippen LogP contribution in [0.4, 0.5) is 0 Å². The van der Waals surface area contributed by atoms with Gasteiger partial charge in [0.25, 0.3) is 0 Å². The second kappa shape index (κ2) is 5.01. The Morgan fingerprint density at radius 3 is 2.38 bits per heavy atom. The molecule has 1 aromatic carbocycles. The Morgan fingerprint density at radius 2 is 1.88 bits per heavy atom. The fourth-order valence-corrected chi connectivity index (χ4v) is 2.09. The quantitative estimate of drug-likeness (QED) is 0.816. The molecule has 0 bridgehead atoms. The van der Waals surface area contributed by atoms with Crippen molar-refractivity contribution < 1.29 is 0 Å². The van der Waals surface area contributed by atoms with E-state index in [4.69, 9.17) is 5.73 Å². The molecule has 0 aliphatic carbocycles. The van der Waals surface area contributed by atoms with Crippen molar-refractivity contribution in [3.8, 4) is 0 Å². The van der Waals surface area contributed by atoms with E-state index in [0.29, 0.717) is 5.92 Å². The highest BCUT2D eigenvalue weighted by Crippen LogP contribution is 2.30. The van der Waals surface area contributed by atoms with Crippen LogP contribution in [0.25, 0.3) is 0 Å². The van der Waals surface area contributed by atoms with Crippen LogP contribution in [0.5, 0.6) is 0 Å². The third-order valence-corrected chi connectivity index (χ3v) is 3.87. The van der Waals surface area contributed by atoms with Crippen LogP contribution in [0, 0.1) is 19.8 Å². The Morgan fingerprint density at radius 1 is 1.25 bits per heavy atom. The largest absolute Gasteiger partial charge is 0.321 e. The summed E-state index contributed by atoms with van der Waals surface area (Å²) in [4.78, 5) is 0. The zero-order chi connectivity index (χ0) is 12.3. The first kappa shape index (κ1) is 13.2. The smallest absolute Gasteiger partial charge is 0.0407 e. The number of benzene rings is 1. The maximum atomic E-state index is 6.49. The summed E-state index contributed by atoms with van der Waals surface area (Å²) in [7, 11) is 0. The number of nitrogens with two attached hydrogens (primary N) is 1. The molecule has 1 aromatic rings. The molecule has 0 saturated heterocycles. The van der Waals surface area contributed by atoms with Crippen molar-refractivity contribution in [1.29, 1.82) is 0 Å². The monoisotopic (exact) mass is 219 g/mol. The molecule has 0 aromatic heterocycles. The lowest BCUT2D eigenvalue weighted by molar-refractivity contribution is 0.304. The van der Waals surface area contributed by atoms with E-state index in [9.17, 15) is 0 Å². The molecule has 0 spiro atoms. The molecule has 0 fully saturated rings. The Bertz CT molecular complexity index is 352. The molecule has 2 N–H and O–H groups in total. The van der Waals surface area contributed by atoms with Crippen molar-refractivity contribution >= 4 is 0 Å². The van der Waals surface area contributed by atoms with Crippen LogP contribution in [-0.2, 0) is 5.54 Å². The van der Waals surface area contributed by atoms with Crippen molar-refractivity contribution in [1.82, 2.24) is 0 Å². The second-order valence-electron chi connectivity index (χ2n) is 5.27. The van der Waals surface area contributed by atoms with E-state index in [1.165, 1.54) is 29.5 Å². The van der Waals surface area contributed by atoms with Crippen molar-refractivity contribution in [2.24, 2.45) is 11.7 Å². The van der Waals surface area contributed by atoms with Gasteiger partial charge in [-0.3, -0.25) is 0 Å².